The number of methoxy groups -OCH3 is 1. The molecule has 0 spiro atoms. The Balaban J connectivity index is 1.73. The van der Waals surface area contributed by atoms with Gasteiger partial charge in [-0.15, -0.1) is 0 Å². The van der Waals surface area contributed by atoms with Gasteiger partial charge in [-0.2, -0.15) is 0 Å². The normalized spacial score (nSPS) is 21.4. The lowest BCUT2D eigenvalue weighted by molar-refractivity contribution is -0.143. The van der Waals surface area contributed by atoms with Gasteiger partial charge in [-0.3, -0.25) is 14.6 Å². The molecule has 1 saturated heterocycles. The number of pyridine rings is 1. The largest absolute Gasteiger partial charge is 0.489 e. The van der Waals surface area contributed by atoms with Gasteiger partial charge < -0.3 is 19.3 Å². The van der Waals surface area contributed by atoms with Gasteiger partial charge >= 0.3 is 0 Å². The molecule has 0 bridgehead atoms. The van der Waals surface area contributed by atoms with E-state index in [0.29, 0.717) is 37.6 Å². The number of hydrogen-bond donors (Lipinski definition) is 0. The summed E-state index contributed by atoms with van der Waals surface area (Å²) in [5.74, 6) is 0.433. The highest BCUT2D eigenvalue weighted by Gasteiger charge is 2.31. The molecule has 7 nitrogen and oxygen atoms in total. The number of amides is 2. The van der Waals surface area contributed by atoms with Crippen LogP contribution in [0.3, 0.4) is 0 Å². The van der Waals surface area contributed by atoms with E-state index in [0.717, 1.165) is 12.8 Å². The summed E-state index contributed by atoms with van der Waals surface area (Å²) in [4.78, 5) is 32.4. The zero-order chi connectivity index (χ0) is 16.2. The first-order valence-electron chi connectivity index (χ1n) is 7.89. The highest BCUT2D eigenvalue weighted by molar-refractivity contribution is 5.98. The summed E-state index contributed by atoms with van der Waals surface area (Å²) in [5, 5.41) is 0. The van der Waals surface area contributed by atoms with Crippen LogP contribution in [0.25, 0.3) is 0 Å². The summed E-state index contributed by atoms with van der Waals surface area (Å²) in [6.45, 7) is 1.56. The minimum Gasteiger partial charge on any atom is -0.489 e. The SMILES string of the molecule is COC1CCCCN(CC(=O)N2CCOc3ccncc32)C1=O. The van der Waals surface area contributed by atoms with Crippen LogP contribution in [-0.2, 0) is 14.3 Å². The Hall–Kier alpha value is -2.15. The molecule has 124 valence electrons. The van der Waals surface area contributed by atoms with Gasteiger partial charge in [0.15, 0.2) is 0 Å². The van der Waals surface area contributed by atoms with E-state index in [1.54, 1.807) is 28.3 Å². The molecule has 7 heteroatoms. The van der Waals surface area contributed by atoms with Crippen LogP contribution in [0.4, 0.5) is 5.69 Å². The standard InChI is InChI=1S/C16H21N3O4/c1-22-14-4-2-3-7-18(16(14)21)11-15(20)19-8-9-23-13-5-6-17-10-12(13)19/h5-6,10,14H,2-4,7-9,11H2,1H3. The molecule has 1 aromatic heterocycles. The number of carbonyl (C=O) groups excluding carboxylic acids is 2. The molecule has 0 aliphatic carbocycles. The molecule has 23 heavy (non-hydrogen) atoms. The van der Waals surface area contributed by atoms with E-state index >= 15 is 0 Å². The molecule has 1 fully saturated rings. The molecule has 0 saturated carbocycles. The van der Waals surface area contributed by atoms with Crippen molar-refractivity contribution in [2.45, 2.75) is 25.4 Å². The Kier molecular flexibility index (Phi) is 4.76. The average molecular weight is 319 g/mol. The maximum atomic E-state index is 12.7. The Bertz CT molecular complexity index is 592. The van der Waals surface area contributed by atoms with Crippen LogP contribution < -0.4 is 9.64 Å². The third-order valence-corrected chi connectivity index (χ3v) is 4.27. The number of fused-ring (bicyclic) bond motifs is 1. The van der Waals surface area contributed by atoms with Crippen LogP contribution in [0, 0.1) is 0 Å². The Labute approximate surface area is 135 Å². The van der Waals surface area contributed by atoms with E-state index in [4.69, 9.17) is 9.47 Å². The predicted octanol–water partition coefficient (Wildman–Crippen LogP) is 0.834. The second kappa shape index (κ2) is 6.95. The van der Waals surface area contributed by atoms with Crippen molar-refractivity contribution in [1.82, 2.24) is 9.88 Å². The van der Waals surface area contributed by atoms with Gasteiger partial charge in [-0.25, -0.2) is 0 Å². The summed E-state index contributed by atoms with van der Waals surface area (Å²) in [5.41, 5.74) is 0.661. The second-order valence-electron chi connectivity index (χ2n) is 5.72. The van der Waals surface area contributed by atoms with Crippen LogP contribution >= 0.6 is 0 Å². The van der Waals surface area contributed by atoms with Gasteiger partial charge in [0.2, 0.25) is 5.91 Å². The van der Waals surface area contributed by atoms with Gasteiger partial charge in [0.1, 0.15) is 30.7 Å². The van der Waals surface area contributed by atoms with Crippen molar-refractivity contribution in [2.75, 3.05) is 38.3 Å². The smallest absolute Gasteiger partial charge is 0.252 e. The maximum Gasteiger partial charge on any atom is 0.252 e. The van der Waals surface area contributed by atoms with E-state index < -0.39 is 6.10 Å². The Morgan fingerprint density at radius 2 is 2.30 bits per heavy atom. The molecule has 2 amide bonds. The number of hydrogen-bond acceptors (Lipinski definition) is 5. The zero-order valence-corrected chi connectivity index (χ0v) is 13.2. The second-order valence-corrected chi connectivity index (χ2v) is 5.72. The third kappa shape index (κ3) is 3.29. The first-order chi connectivity index (χ1) is 11.2. The number of likely N-dealkylation sites (tertiary alicyclic amines) is 1. The van der Waals surface area contributed by atoms with Crippen LogP contribution in [-0.4, -0.2) is 61.2 Å². The third-order valence-electron chi connectivity index (χ3n) is 4.27. The van der Waals surface area contributed by atoms with Crippen molar-refractivity contribution in [3.63, 3.8) is 0 Å². The van der Waals surface area contributed by atoms with Gasteiger partial charge in [-0.1, -0.05) is 0 Å². The Morgan fingerprint density at radius 3 is 3.13 bits per heavy atom. The molecular formula is C16H21N3O4. The summed E-state index contributed by atoms with van der Waals surface area (Å²) in [6.07, 6.45) is 5.34. The quantitative estimate of drug-likeness (QED) is 0.825. The van der Waals surface area contributed by atoms with Gasteiger partial charge in [0.25, 0.3) is 5.91 Å². The summed E-state index contributed by atoms with van der Waals surface area (Å²) < 4.78 is 10.8. The van der Waals surface area contributed by atoms with E-state index in [1.165, 1.54) is 7.11 Å². The van der Waals surface area contributed by atoms with Crippen LogP contribution in [0.15, 0.2) is 18.5 Å². The van der Waals surface area contributed by atoms with Gasteiger partial charge in [-0.05, 0) is 19.3 Å². The molecule has 2 aliphatic rings. The molecule has 0 N–H and O–H groups in total. The van der Waals surface area contributed by atoms with Gasteiger partial charge in [0, 0.05) is 25.9 Å². The van der Waals surface area contributed by atoms with Crippen molar-refractivity contribution in [1.29, 1.82) is 0 Å². The first-order valence-corrected chi connectivity index (χ1v) is 7.89. The van der Waals surface area contributed by atoms with E-state index in [9.17, 15) is 9.59 Å². The lowest BCUT2D eigenvalue weighted by atomic mass is 10.2. The molecule has 0 aromatic carbocycles. The van der Waals surface area contributed by atoms with Crippen molar-refractivity contribution in [2.24, 2.45) is 0 Å². The number of rotatable bonds is 3. The van der Waals surface area contributed by atoms with Crippen molar-refractivity contribution in [3.05, 3.63) is 18.5 Å². The molecule has 1 aromatic rings. The average Bonchev–Trinajstić information content (AvgIpc) is 2.76. The lowest BCUT2D eigenvalue weighted by Gasteiger charge is -2.31. The molecule has 3 heterocycles. The molecule has 3 rings (SSSR count). The van der Waals surface area contributed by atoms with Crippen molar-refractivity contribution in [3.8, 4) is 5.75 Å². The number of nitrogens with zero attached hydrogens (tertiary/aromatic N) is 3. The van der Waals surface area contributed by atoms with Crippen LogP contribution in [0.5, 0.6) is 5.75 Å². The van der Waals surface area contributed by atoms with E-state index in [1.807, 2.05) is 0 Å². The number of aromatic nitrogens is 1. The minimum atomic E-state index is -0.441. The monoisotopic (exact) mass is 319 g/mol. The highest BCUT2D eigenvalue weighted by Crippen LogP contribution is 2.30. The number of anilines is 1. The highest BCUT2D eigenvalue weighted by atomic mass is 16.5. The van der Waals surface area contributed by atoms with E-state index in [2.05, 4.69) is 4.98 Å². The number of carbonyl (C=O) groups is 2. The van der Waals surface area contributed by atoms with Gasteiger partial charge in [0.05, 0.1) is 12.7 Å². The summed E-state index contributed by atoms with van der Waals surface area (Å²) in [6, 6.07) is 1.74. The minimum absolute atomic E-state index is 0.0625. The topological polar surface area (TPSA) is 72.0 Å². The fraction of sp³-hybridized carbons (Fsp3) is 0.562. The first kappa shape index (κ1) is 15.7. The molecular weight excluding hydrogens is 298 g/mol. The van der Waals surface area contributed by atoms with Crippen LogP contribution in [0.1, 0.15) is 19.3 Å². The Morgan fingerprint density at radius 1 is 1.43 bits per heavy atom. The molecule has 1 unspecified atom stereocenters. The molecule has 2 aliphatic heterocycles. The fourth-order valence-corrected chi connectivity index (χ4v) is 3.02. The van der Waals surface area contributed by atoms with E-state index in [-0.39, 0.29) is 18.4 Å². The van der Waals surface area contributed by atoms with Crippen LogP contribution in [0.2, 0.25) is 0 Å². The van der Waals surface area contributed by atoms with Crippen molar-refractivity contribution >= 4 is 17.5 Å². The molecule has 1 atom stereocenters. The van der Waals surface area contributed by atoms with Crippen molar-refractivity contribution < 1.29 is 19.1 Å². The predicted molar refractivity (Wildman–Crippen MR) is 83.3 cm³/mol. The summed E-state index contributed by atoms with van der Waals surface area (Å²) in [7, 11) is 1.54. The molecule has 0 radical (unpaired) electrons. The fourth-order valence-electron chi connectivity index (χ4n) is 3.02. The zero-order valence-electron chi connectivity index (χ0n) is 13.2. The lowest BCUT2D eigenvalue weighted by Crippen LogP contribution is -2.48. The maximum absolute atomic E-state index is 12.7. The number of ether oxygens (including phenoxy) is 2. The summed E-state index contributed by atoms with van der Waals surface area (Å²) >= 11 is 0.